The van der Waals surface area contributed by atoms with Gasteiger partial charge in [-0.3, -0.25) is 4.68 Å². The number of urea groups is 1. The summed E-state index contributed by atoms with van der Waals surface area (Å²) in [4.78, 5) is 13.7. The molecule has 20 heavy (non-hydrogen) atoms. The normalized spacial score (nSPS) is 24.4. The molecule has 6 nitrogen and oxygen atoms in total. The fourth-order valence-corrected chi connectivity index (χ4v) is 2.40. The standard InChI is InChI=1S/C14H24N4O2/c1-11(9-18-6-3-5-16-18)8-15-14(20)17-7-4-12(2)13(19)10-17/h3,5-6,11-13,19H,4,7-10H2,1-2H3,(H,15,20). The van der Waals surface area contributed by atoms with Crippen molar-refractivity contribution < 1.29 is 9.90 Å². The quantitative estimate of drug-likeness (QED) is 0.862. The van der Waals surface area contributed by atoms with Crippen LogP contribution in [0.3, 0.4) is 0 Å². The van der Waals surface area contributed by atoms with Gasteiger partial charge in [0.2, 0.25) is 0 Å². The highest BCUT2D eigenvalue weighted by Gasteiger charge is 2.27. The van der Waals surface area contributed by atoms with Crippen molar-refractivity contribution in [3.05, 3.63) is 18.5 Å². The van der Waals surface area contributed by atoms with Crippen LogP contribution < -0.4 is 5.32 Å². The van der Waals surface area contributed by atoms with Gasteiger partial charge < -0.3 is 15.3 Å². The lowest BCUT2D eigenvalue weighted by atomic mass is 9.96. The Bertz CT molecular complexity index is 421. The monoisotopic (exact) mass is 280 g/mol. The van der Waals surface area contributed by atoms with Crippen molar-refractivity contribution in [1.82, 2.24) is 20.0 Å². The van der Waals surface area contributed by atoms with E-state index in [0.717, 1.165) is 19.5 Å². The molecular weight excluding hydrogens is 256 g/mol. The second-order valence-corrected chi connectivity index (χ2v) is 5.80. The van der Waals surface area contributed by atoms with Gasteiger partial charge >= 0.3 is 6.03 Å². The molecule has 6 heteroatoms. The largest absolute Gasteiger partial charge is 0.391 e. The van der Waals surface area contributed by atoms with Crippen molar-refractivity contribution in [2.24, 2.45) is 11.8 Å². The maximum atomic E-state index is 12.0. The van der Waals surface area contributed by atoms with E-state index in [4.69, 9.17) is 0 Å². The van der Waals surface area contributed by atoms with Gasteiger partial charge in [0, 0.05) is 38.6 Å². The number of aliphatic hydroxyl groups is 1. The minimum absolute atomic E-state index is 0.0803. The molecular formula is C14H24N4O2. The lowest BCUT2D eigenvalue weighted by molar-refractivity contribution is 0.0434. The van der Waals surface area contributed by atoms with Gasteiger partial charge in [0.1, 0.15) is 0 Å². The molecule has 0 aliphatic carbocycles. The van der Waals surface area contributed by atoms with Crippen LogP contribution in [0.25, 0.3) is 0 Å². The molecule has 1 aliphatic rings. The molecule has 0 saturated carbocycles. The highest BCUT2D eigenvalue weighted by atomic mass is 16.3. The van der Waals surface area contributed by atoms with Crippen LogP contribution in [0, 0.1) is 11.8 Å². The van der Waals surface area contributed by atoms with E-state index in [2.05, 4.69) is 17.3 Å². The van der Waals surface area contributed by atoms with Crippen LogP contribution in [0.5, 0.6) is 0 Å². The molecule has 0 radical (unpaired) electrons. The van der Waals surface area contributed by atoms with Crippen molar-refractivity contribution in [3.63, 3.8) is 0 Å². The molecule has 2 N–H and O–H groups in total. The molecule has 1 aliphatic heterocycles. The van der Waals surface area contributed by atoms with E-state index in [-0.39, 0.29) is 11.9 Å². The summed E-state index contributed by atoms with van der Waals surface area (Å²) in [6.07, 6.45) is 4.12. The number of carbonyl (C=O) groups is 1. The third-order valence-electron chi connectivity index (χ3n) is 3.87. The predicted octanol–water partition coefficient (Wildman–Crippen LogP) is 0.931. The van der Waals surface area contributed by atoms with Crippen molar-refractivity contribution in [2.75, 3.05) is 19.6 Å². The first-order valence-corrected chi connectivity index (χ1v) is 7.24. The topological polar surface area (TPSA) is 70.4 Å². The minimum Gasteiger partial charge on any atom is -0.391 e. The first-order valence-electron chi connectivity index (χ1n) is 7.24. The summed E-state index contributed by atoms with van der Waals surface area (Å²) in [6, 6.07) is 1.81. The van der Waals surface area contributed by atoms with Crippen LogP contribution in [-0.2, 0) is 6.54 Å². The van der Waals surface area contributed by atoms with Crippen LogP contribution in [0.15, 0.2) is 18.5 Å². The Morgan fingerprint density at radius 2 is 2.40 bits per heavy atom. The van der Waals surface area contributed by atoms with Gasteiger partial charge in [-0.1, -0.05) is 13.8 Å². The van der Waals surface area contributed by atoms with Crippen molar-refractivity contribution in [3.8, 4) is 0 Å². The zero-order valence-electron chi connectivity index (χ0n) is 12.2. The predicted molar refractivity (Wildman–Crippen MR) is 76.2 cm³/mol. The zero-order chi connectivity index (χ0) is 14.5. The lowest BCUT2D eigenvalue weighted by Gasteiger charge is -2.34. The number of aromatic nitrogens is 2. The number of rotatable bonds is 4. The second-order valence-electron chi connectivity index (χ2n) is 5.80. The molecule has 2 rings (SSSR count). The minimum atomic E-state index is -0.406. The number of hydrogen-bond acceptors (Lipinski definition) is 3. The molecule has 0 bridgehead atoms. The highest BCUT2D eigenvalue weighted by molar-refractivity contribution is 5.74. The number of amides is 2. The van der Waals surface area contributed by atoms with Gasteiger partial charge in [0.25, 0.3) is 0 Å². The van der Waals surface area contributed by atoms with Crippen molar-refractivity contribution >= 4 is 6.03 Å². The van der Waals surface area contributed by atoms with E-state index in [1.165, 1.54) is 0 Å². The number of nitrogens with one attached hydrogen (secondary N) is 1. The molecule has 0 spiro atoms. The molecule has 3 atom stereocenters. The average molecular weight is 280 g/mol. The maximum absolute atomic E-state index is 12.0. The molecule has 3 unspecified atom stereocenters. The van der Waals surface area contributed by atoms with E-state index in [9.17, 15) is 9.90 Å². The summed E-state index contributed by atoms with van der Waals surface area (Å²) in [7, 11) is 0. The van der Waals surface area contributed by atoms with E-state index in [1.54, 1.807) is 11.1 Å². The number of carbonyl (C=O) groups excluding carboxylic acids is 1. The summed E-state index contributed by atoms with van der Waals surface area (Å²) in [5.74, 6) is 0.588. The Labute approximate surface area is 119 Å². The van der Waals surface area contributed by atoms with Gasteiger partial charge in [-0.05, 0) is 24.3 Å². The Kier molecular flexibility index (Phi) is 5.00. The van der Waals surface area contributed by atoms with E-state index >= 15 is 0 Å². The van der Waals surface area contributed by atoms with Crippen molar-refractivity contribution in [2.45, 2.75) is 32.9 Å². The second kappa shape index (κ2) is 6.74. The smallest absolute Gasteiger partial charge is 0.317 e. The number of aliphatic hydroxyl groups excluding tert-OH is 1. The SMILES string of the molecule is CC(CNC(=O)N1CCC(C)C(O)C1)Cn1cccn1. The highest BCUT2D eigenvalue weighted by Crippen LogP contribution is 2.16. The molecule has 2 amide bonds. The van der Waals surface area contributed by atoms with E-state index in [0.29, 0.717) is 19.0 Å². The fraction of sp³-hybridized carbons (Fsp3) is 0.714. The van der Waals surface area contributed by atoms with Gasteiger partial charge in [-0.2, -0.15) is 5.10 Å². The molecule has 1 aromatic heterocycles. The summed E-state index contributed by atoms with van der Waals surface area (Å²) in [5.41, 5.74) is 0. The lowest BCUT2D eigenvalue weighted by Crippen LogP contribution is -2.50. The average Bonchev–Trinajstić information content (AvgIpc) is 2.92. The Hall–Kier alpha value is -1.56. The molecule has 0 aromatic carbocycles. The van der Waals surface area contributed by atoms with Crippen LogP contribution >= 0.6 is 0 Å². The molecule has 2 heterocycles. The maximum Gasteiger partial charge on any atom is 0.317 e. The van der Waals surface area contributed by atoms with Crippen LogP contribution in [-0.4, -0.2) is 51.6 Å². The summed E-state index contributed by atoms with van der Waals surface area (Å²) < 4.78 is 1.86. The van der Waals surface area contributed by atoms with Crippen molar-refractivity contribution in [1.29, 1.82) is 0 Å². The zero-order valence-corrected chi connectivity index (χ0v) is 12.2. The summed E-state index contributed by atoms with van der Waals surface area (Å²) in [6.45, 7) is 6.65. The first kappa shape index (κ1) is 14.8. The van der Waals surface area contributed by atoms with Crippen LogP contribution in [0.2, 0.25) is 0 Å². The van der Waals surface area contributed by atoms with Gasteiger partial charge in [-0.15, -0.1) is 0 Å². The van der Waals surface area contributed by atoms with E-state index in [1.807, 2.05) is 23.9 Å². The van der Waals surface area contributed by atoms with E-state index < -0.39 is 6.10 Å². The van der Waals surface area contributed by atoms with Crippen LogP contribution in [0.4, 0.5) is 4.79 Å². The number of hydrogen-bond donors (Lipinski definition) is 2. The number of piperidine rings is 1. The summed E-state index contributed by atoms with van der Waals surface area (Å²) >= 11 is 0. The van der Waals surface area contributed by atoms with Crippen LogP contribution in [0.1, 0.15) is 20.3 Å². The molecule has 1 fully saturated rings. The Balaban J connectivity index is 1.72. The molecule has 112 valence electrons. The number of β-amino-alcohol motifs (C(OH)–C–C–N with tert-alkyl or cyclic N) is 1. The third-order valence-corrected chi connectivity index (χ3v) is 3.87. The molecule has 1 saturated heterocycles. The van der Waals surface area contributed by atoms with Gasteiger partial charge in [0.15, 0.2) is 0 Å². The van der Waals surface area contributed by atoms with Gasteiger partial charge in [-0.25, -0.2) is 4.79 Å². The Morgan fingerprint density at radius 3 is 3.05 bits per heavy atom. The number of likely N-dealkylation sites (tertiary alicyclic amines) is 1. The Morgan fingerprint density at radius 1 is 1.60 bits per heavy atom. The number of nitrogens with zero attached hydrogens (tertiary/aromatic N) is 3. The fourth-order valence-electron chi connectivity index (χ4n) is 2.40. The summed E-state index contributed by atoms with van der Waals surface area (Å²) in [5, 5.41) is 16.9. The third kappa shape index (κ3) is 3.96. The molecule has 1 aromatic rings. The van der Waals surface area contributed by atoms with Gasteiger partial charge in [0.05, 0.1) is 6.10 Å². The first-order chi connectivity index (χ1) is 9.56.